The van der Waals surface area contributed by atoms with Gasteiger partial charge in [-0.25, -0.2) is 0 Å². The predicted octanol–water partition coefficient (Wildman–Crippen LogP) is 1.78. The Morgan fingerprint density at radius 2 is 2.11 bits per heavy atom. The summed E-state index contributed by atoms with van der Waals surface area (Å²) in [5.41, 5.74) is 8.42. The maximum atomic E-state index is 11.8. The Morgan fingerprint density at radius 3 is 2.72 bits per heavy atom. The molecule has 0 spiro atoms. The summed E-state index contributed by atoms with van der Waals surface area (Å²) in [5, 5.41) is 3.01. The molecule has 1 aliphatic carbocycles. The predicted molar refractivity (Wildman–Crippen MR) is 73.2 cm³/mol. The van der Waals surface area contributed by atoms with Gasteiger partial charge in [0.1, 0.15) is 0 Å². The number of hydrogen-bond acceptors (Lipinski definition) is 2. The minimum absolute atomic E-state index is 0.137. The fraction of sp³-hybridized carbons (Fsp3) is 0.533. The molecule has 1 saturated carbocycles. The molecule has 3 N–H and O–H groups in total. The zero-order valence-corrected chi connectivity index (χ0v) is 11.0. The molecule has 0 atom stereocenters. The summed E-state index contributed by atoms with van der Waals surface area (Å²) in [7, 11) is 0. The molecule has 1 aliphatic rings. The van der Waals surface area contributed by atoms with E-state index in [4.69, 9.17) is 5.73 Å². The molecule has 0 radical (unpaired) electrons. The number of nitrogens with two attached hydrogens (primary N) is 1. The Labute approximate surface area is 109 Å². The van der Waals surface area contributed by atoms with Crippen LogP contribution in [-0.2, 0) is 11.2 Å². The van der Waals surface area contributed by atoms with Crippen LogP contribution in [0.2, 0.25) is 0 Å². The first-order valence-electron chi connectivity index (χ1n) is 6.66. The van der Waals surface area contributed by atoms with E-state index in [2.05, 4.69) is 24.4 Å². The van der Waals surface area contributed by atoms with Crippen molar-refractivity contribution in [1.29, 1.82) is 0 Å². The van der Waals surface area contributed by atoms with Gasteiger partial charge in [-0.2, -0.15) is 0 Å². The Bertz CT molecular complexity index is 424. The number of carbonyl (C=O) groups is 1. The monoisotopic (exact) mass is 246 g/mol. The largest absolute Gasteiger partial charge is 0.355 e. The molecule has 1 amide bonds. The third kappa shape index (κ3) is 3.33. The minimum Gasteiger partial charge on any atom is -0.355 e. The van der Waals surface area contributed by atoms with Crippen molar-refractivity contribution in [3.8, 4) is 0 Å². The summed E-state index contributed by atoms with van der Waals surface area (Å²) in [6, 6.07) is 8.22. The van der Waals surface area contributed by atoms with Gasteiger partial charge in [-0.1, -0.05) is 24.3 Å². The van der Waals surface area contributed by atoms with E-state index in [9.17, 15) is 4.79 Å². The summed E-state index contributed by atoms with van der Waals surface area (Å²) in [6.07, 6.45) is 3.68. The molecule has 1 fully saturated rings. The van der Waals surface area contributed by atoms with Gasteiger partial charge in [0.05, 0.1) is 0 Å². The molecule has 3 nitrogen and oxygen atoms in total. The molecule has 0 aromatic heterocycles. The third-order valence-corrected chi connectivity index (χ3v) is 3.93. The van der Waals surface area contributed by atoms with Crippen LogP contribution < -0.4 is 11.1 Å². The lowest BCUT2D eigenvalue weighted by Crippen LogP contribution is -2.34. The highest BCUT2D eigenvalue weighted by Gasteiger charge is 2.41. The molecule has 0 unspecified atom stereocenters. The maximum Gasteiger partial charge on any atom is 0.220 e. The van der Waals surface area contributed by atoms with Gasteiger partial charge in [0, 0.05) is 13.0 Å². The number of rotatable bonds is 6. The van der Waals surface area contributed by atoms with E-state index in [0.29, 0.717) is 13.0 Å². The number of amides is 1. The van der Waals surface area contributed by atoms with Crippen molar-refractivity contribution in [3.05, 3.63) is 35.4 Å². The van der Waals surface area contributed by atoms with Crippen molar-refractivity contribution in [2.24, 2.45) is 11.1 Å². The topological polar surface area (TPSA) is 55.1 Å². The van der Waals surface area contributed by atoms with Crippen molar-refractivity contribution in [2.45, 2.75) is 32.6 Å². The molecule has 0 aliphatic heterocycles. The molecule has 2 rings (SSSR count). The van der Waals surface area contributed by atoms with Gasteiger partial charge >= 0.3 is 0 Å². The summed E-state index contributed by atoms with van der Waals surface area (Å²) >= 11 is 0. The van der Waals surface area contributed by atoms with Crippen molar-refractivity contribution in [3.63, 3.8) is 0 Å². The Kier molecular flexibility index (Phi) is 4.02. The first kappa shape index (κ1) is 13.1. The summed E-state index contributed by atoms with van der Waals surface area (Å²) in [5.74, 6) is 0.137. The Hall–Kier alpha value is -1.35. The normalized spacial score (nSPS) is 16.3. The van der Waals surface area contributed by atoms with E-state index in [1.165, 1.54) is 11.1 Å². The highest BCUT2D eigenvalue weighted by atomic mass is 16.1. The lowest BCUT2D eigenvalue weighted by atomic mass is 10.0. The third-order valence-electron chi connectivity index (χ3n) is 3.93. The number of aryl methyl sites for hydroxylation is 2. The second kappa shape index (κ2) is 5.53. The van der Waals surface area contributed by atoms with E-state index in [-0.39, 0.29) is 11.3 Å². The van der Waals surface area contributed by atoms with Crippen LogP contribution in [0.3, 0.4) is 0 Å². The lowest BCUT2D eigenvalue weighted by Gasteiger charge is -2.13. The zero-order valence-electron chi connectivity index (χ0n) is 11.0. The summed E-state index contributed by atoms with van der Waals surface area (Å²) < 4.78 is 0. The molecule has 0 bridgehead atoms. The number of benzene rings is 1. The van der Waals surface area contributed by atoms with Crippen molar-refractivity contribution in [1.82, 2.24) is 5.32 Å². The quantitative estimate of drug-likeness (QED) is 0.804. The van der Waals surface area contributed by atoms with Gasteiger partial charge in [0.15, 0.2) is 0 Å². The lowest BCUT2D eigenvalue weighted by molar-refractivity contribution is -0.121. The molecule has 1 aromatic carbocycles. The molecule has 0 saturated heterocycles. The van der Waals surface area contributed by atoms with Crippen molar-refractivity contribution >= 4 is 5.91 Å². The average molecular weight is 246 g/mol. The number of nitrogens with one attached hydrogen (secondary N) is 1. The second-order valence-corrected chi connectivity index (χ2v) is 5.41. The highest BCUT2D eigenvalue weighted by Crippen LogP contribution is 2.43. The van der Waals surface area contributed by atoms with Crippen molar-refractivity contribution in [2.75, 3.05) is 13.1 Å². The van der Waals surface area contributed by atoms with Crippen LogP contribution in [-0.4, -0.2) is 19.0 Å². The first-order chi connectivity index (χ1) is 8.65. The van der Waals surface area contributed by atoms with Gasteiger partial charge in [-0.05, 0) is 49.3 Å². The van der Waals surface area contributed by atoms with E-state index in [1.54, 1.807) is 0 Å². The number of carbonyl (C=O) groups excluding carboxylic acids is 1. The van der Waals surface area contributed by atoms with E-state index in [1.807, 2.05) is 12.1 Å². The summed E-state index contributed by atoms with van der Waals surface area (Å²) in [6.45, 7) is 3.52. The van der Waals surface area contributed by atoms with Crippen LogP contribution in [0.25, 0.3) is 0 Å². The van der Waals surface area contributed by atoms with Crippen LogP contribution in [0.5, 0.6) is 0 Å². The molecule has 3 heteroatoms. The molecule has 1 aromatic rings. The van der Waals surface area contributed by atoms with E-state index in [0.717, 1.165) is 25.8 Å². The smallest absolute Gasteiger partial charge is 0.220 e. The minimum atomic E-state index is 0.137. The second-order valence-electron chi connectivity index (χ2n) is 5.41. The zero-order chi connectivity index (χ0) is 13.0. The highest BCUT2D eigenvalue weighted by molar-refractivity contribution is 5.76. The standard InChI is InChI=1S/C15H22N2O/c1-12-4-2-3-5-13(12)6-7-14(18)17-11-15(10-16)8-9-15/h2-5H,6-11,16H2,1H3,(H,17,18). The van der Waals surface area contributed by atoms with Crippen LogP contribution in [0.15, 0.2) is 24.3 Å². The van der Waals surface area contributed by atoms with Crippen LogP contribution in [0, 0.1) is 12.3 Å². The molecular weight excluding hydrogens is 224 g/mol. The van der Waals surface area contributed by atoms with E-state index >= 15 is 0 Å². The SMILES string of the molecule is Cc1ccccc1CCC(=O)NCC1(CN)CC1. The fourth-order valence-electron chi connectivity index (χ4n) is 2.14. The first-order valence-corrected chi connectivity index (χ1v) is 6.66. The van der Waals surface area contributed by atoms with Crippen LogP contribution >= 0.6 is 0 Å². The maximum absolute atomic E-state index is 11.8. The van der Waals surface area contributed by atoms with E-state index < -0.39 is 0 Å². The Morgan fingerprint density at radius 1 is 1.39 bits per heavy atom. The summed E-state index contributed by atoms with van der Waals surface area (Å²) in [4.78, 5) is 11.8. The van der Waals surface area contributed by atoms with Gasteiger partial charge in [-0.15, -0.1) is 0 Å². The molecule has 98 valence electrons. The van der Waals surface area contributed by atoms with Crippen LogP contribution in [0.1, 0.15) is 30.4 Å². The van der Waals surface area contributed by atoms with Crippen molar-refractivity contribution < 1.29 is 4.79 Å². The molecule has 0 heterocycles. The van der Waals surface area contributed by atoms with Gasteiger partial charge in [-0.3, -0.25) is 4.79 Å². The number of hydrogen-bond donors (Lipinski definition) is 2. The fourth-order valence-corrected chi connectivity index (χ4v) is 2.14. The van der Waals surface area contributed by atoms with Gasteiger partial charge in [0.2, 0.25) is 5.91 Å². The van der Waals surface area contributed by atoms with Crippen LogP contribution in [0.4, 0.5) is 0 Å². The average Bonchev–Trinajstić information content (AvgIpc) is 3.16. The Balaban J connectivity index is 1.74. The van der Waals surface area contributed by atoms with Gasteiger partial charge < -0.3 is 11.1 Å². The van der Waals surface area contributed by atoms with Gasteiger partial charge in [0.25, 0.3) is 0 Å². The molecular formula is C15H22N2O. The molecule has 18 heavy (non-hydrogen) atoms.